The highest BCUT2D eigenvalue weighted by Crippen LogP contribution is 2.26. The van der Waals surface area contributed by atoms with Gasteiger partial charge in [-0.1, -0.05) is 11.6 Å². The molecule has 0 N–H and O–H groups in total. The van der Waals surface area contributed by atoms with Crippen LogP contribution in [0.5, 0.6) is 0 Å². The van der Waals surface area contributed by atoms with Crippen molar-refractivity contribution in [2.75, 3.05) is 32.8 Å². The summed E-state index contributed by atoms with van der Waals surface area (Å²) in [6.07, 6.45) is 2.78. The lowest BCUT2D eigenvalue weighted by molar-refractivity contribution is -0.140. The predicted octanol–water partition coefficient (Wildman–Crippen LogP) is 4.15. The molecule has 2 aliphatic rings. The normalized spacial score (nSPS) is 21.1. The number of ketones is 1. The van der Waals surface area contributed by atoms with Crippen LogP contribution in [0.15, 0.2) is 24.4 Å². The first-order valence-electron chi connectivity index (χ1n) is 12.1. The van der Waals surface area contributed by atoms with E-state index < -0.39 is 0 Å². The fourth-order valence-corrected chi connectivity index (χ4v) is 5.19. The fraction of sp³-hybridized carbons (Fsp3) is 0.519. The largest absolute Gasteiger partial charge is 0.381 e. The molecule has 0 saturated carbocycles. The van der Waals surface area contributed by atoms with E-state index in [0.717, 1.165) is 60.5 Å². The molecule has 4 rings (SSSR count). The molecule has 2 atom stereocenters. The van der Waals surface area contributed by atoms with Crippen molar-refractivity contribution in [1.29, 1.82) is 0 Å². The monoisotopic (exact) mass is 483 g/mol. The van der Waals surface area contributed by atoms with E-state index in [4.69, 9.17) is 16.3 Å². The Hall–Kier alpha value is -2.28. The van der Waals surface area contributed by atoms with Crippen molar-refractivity contribution in [1.82, 2.24) is 14.8 Å². The van der Waals surface area contributed by atoms with Gasteiger partial charge in [0, 0.05) is 67.7 Å². The maximum absolute atomic E-state index is 13.0. The summed E-state index contributed by atoms with van der Waals surface area (Å²) in [7, 11) is 0. The van der Waals surface area contributed by atoms with Gasteiger partial charge in [-0.05, 0) is 74.6 Å². The molecule has 34 heavy (non-hydrogen) atoms. The minimum Gasteiger partial charge on any atom is -0.381 e. The number of amides is 1. The van der Waals surface area contributed by atoms with Crippen molar-refractivity contribution in [3.8, 4) is 0 Å². The molecule has 182 valence electrons. The Labute approximate surface area is 207 Å². The number of piperazine rings is 1. The van der Waals surface area contributed by atoms with Crippen LogP contribution in [0.3, 0.4) is 0 Å². The Bertz CT molecular complexity index is 1080. The van der Waals surface area contributed by atoms with E-state index in [0.29, 0.717) is 30.2 Å². The van der Waals surface area contributed by atoms with Crippen LogP contribution >= 0.6 is 11.6 Å². The van der Waals surface area contributed by atoms with E-state index in [1.807, 2.05) is 36.9 Å². The molecular formula is C27H34ClN3O3. The number of aryl methyl sites for hydroxylation is 2. The van der Waals surface area contributed by atoms with Gasteiger partial charge in [-0.15, -0.1) is 0 Å². The van der Waals surface area contributed by atoms with Gasteiger partial charge in [0.15, 0.2) is 5.78 Å². The highest BCUT2D eigenvalue weighted by atomic mass is 35.5. The lowest BCUT2D eigenvalue weighted by atomic mass is 9.95. The van der Waals surface area contributed by atoms with Gasteiger partial charge in [-0.2, -0.15) is 0 Å². The number of carbonyl (C=O) groups excluding carboxylic acids is 2. The summed E-state index contributed by atoms with van der Waals surface area (Å²) in [4.78, 5) is 34.5. The molecule has 2 fully saturated rings. The number of aromatic nitrogens is 1. The number of rotatable bonds is 6. The smallest absolute Gasteiger partial charge is 0.228 e. The molecule has 0 unspecified atom stereocenters. The van der Waals surface area contributed by atoms with Gasteiger partial charge >= 0.3 is 0 Å². The number of Topliss-reactive ketones (excluding diaryl/α,β-unsaturated/α-hetero) is 1. The second-order valence-corrected chi connectivity index (χ2v) is 10.2. The molecule has 0 bridgehead atoms. The summed E-state index contributed by atoms with van der Waals surface area (Å²) in [6.45, 7) is 12.4. The third kappa shape index (κ3) is 5.51. The summed E-state index contributed by atoms with van der Waals surface area (Å²) >= 11 is 6.47. The van der Waals surface area contributed by atoms with Crippen LogP contribution in [0.1, 0.15) is 51.7 Å². The Kier molecular flexibility index (Phi) is 7.70. The van der Waals surface area contributed by atoms with Gasteiger partial charge in [0.05, 0.1) is 12.5 Å². The van der Waals surface area contributed by atoms with Gasteiger partial charge in [-0.25, -0.2) is 0 Å². The third-order valence-corrected chi connectivity index (χ3v) is 7.49. The van der Waals surface area contributed by atoms with Crippen LogP contribution in [-0.4, -0.2) is 65.4 Å². The van der Waals surface area contributed by atoms with Crippen molar-refractivity contribution in [2.24, 2.45) is 5.92 Å². The van der Waals surface area contributed by atoms with Crippen molar-refractivity contribution < 1.29 is 14.3 Å². The molecule has 0 spiro atoms. The number of pyridine rings is 1. The number of hydrogen-bond acceptors (Lipinski definition) is 5. The molecule has 0 radical (unpaired) electrons. The number of carbonyl (C=O) groups is 2. The topological polar surface area (TPSA) is 62.7 Å². The highest BCUT2D eigenvalue weighted by molar-refractivity contribution is 6.30. The van der Waals surface area contributed by atoms with Crippen molar-refractivity contribution in [2.45, 2.75) is 53.1 Å². The lowest BCUT2D eigenvalue weighted by Gasteiger charge is -2.41. The molecule has 1 aromatic carbocycles. The maximum Gasteiger partial charge on any atom is 0.228 e. The molecule has 2 saturated heterocycles. The number of nitrogens with zero attached hydrogens (tertiary/aromatic N) is 3. The van der Waals surface area contributed by atoms with E-state index in [1.54, 1.807) is 6.20 Å². The van der Waals surface area contributed by atoms with Gasteiger partial charge < -0.3 is 9.64 Å². The Morgan fingerprint density at radius 1 is 1.15 bits per heavy atom. The molecule has 6 nitrogen and oxygen atoms in total. The number of hydrogen-bond donors (Lipinski definition) is 0. The zero-order chi connectivity index (χ0) is 24.4. The standard InChI is InChI=1S/C27H34ClN3O3/c1-17-9-23(13-29-20(17)4)26(32)12-22-10-25(28)11-24(19(22)3)15-30-6-7-31(18(2)14-30)27(33)21-5-8-34-16-21/h9-11,13,18,21H,5-8,12,14-16H2,1-4H3/t18-,21-/m0/s1. The second-order valence-electron chi connectivity index (χ2n) is 9.75. The minimum absolute atomic E-state index is 0.0109. The molecule has 1 aromatic heterocycles. The van der Waals surface area contributed by atoms with Crippen LogP contribution in [0.2, 0.25) is 5.02 Å². The maximum atomic E-state index is 13.0. The molecule has 1 amide bonds. The van der Waals surface area contributed by atoms with Gasteiger partial charge in [0.25, 0.3) is 0 Å². The summed E-state index contributed by atoms with van der Waals surface area (Å²) in [5.41, 5.74) is 5.76. The first-order valence-corrected chi connectivity index (χ1v) is 12.5. The highest BCUT2D eigenvalue weighted by Gasteiger charge is 2.33. The number of benzene rings is 1. The van der Waals surface area contributed by atoms with Gasteiger partial charge in [-0.3, -0.25) is 19.5 Å². The first-order chi connectivity index (χ1) is 16.2. The molecule has 3 heterocycles. The van der Waals surface area contributed by atoms with Gasteiger partial charge in [0.1, 0.15) is 0 Å². The van der Waals surface area contributed by atoms with E-state index in [1.165, 1.54) is 0 Å². The SMILES string of the molecule is Cc1cc(C(=O)Cc2cc(Cl)cc(CN3CCN(C(=O)[C@H]4CCOC4)[C@@H](C)C3)c2C)cnc1C. The predicted molar refractivity (Wildman–Crippen MR) is 133 cm³/mol. The zero-order valence-corrected chi connectivity index (χ0v) is 21.3. The lowest BCUT2D eigenvalue weighted by Crippen LogP contribution is -2.55. The van der Waals surface area contributed by atoms with Gasteiger partial charge in [0.2, 0.25) is 5.91 Å². The number of halogens is 1. The summed E-state index contributed by atoms with van der Waals surface area (Å²) in [5.74, 6) is 0.283. The average molecular weight is 484 g/mol. The Morgan fingerprint density at radius 3 is 2.59 bits per heavy atom. The average Bonchev–Trinajstić information content (AvgIpc) is 3.33. The first kappa shape index (κ1) is 24.8. The van der Waals surface area contributed by atoms with Crippen LogP contribution in [0, 0.1) is 26.7 Å². The minimum atomic E-state index is 0.0109. The van der Waals surface area contributed by atoms with Crippen LogP contribution in [-0.2, 0) is 22.5 Å². The van der Waals surface area contributed by atoms with E-state index in [2.05, 4.69) is 23.7 Å². The molecule has 2 aliphatic heterocycles. The third-order valence-electron chi connectivity index (χ3n) is 7.27. The van der Waals surface area contributed by atoms with Crippen molar-refractivity contribution >= 4 is 23.3 Å². The van der Waals surface area contributed by atoms with Crippen molar-refractivity contribution in [3.05, 3.63) is 62.9 Å². The summed E-state index contributed by atoms with van der Waals surface area (Å²) in [5, 5.41) is 0.643. The van der Waals surface area contributed by atoms with E-state index >= 15 is 0 Å². The Balaban J connectivity index is 1.43. The summed E-state index contributed by atoms with van der Waals surface area (Å²) < 4.78 is 5.41. The van der Waals surface area contributed by atoms with Crippen LogP contribution in [0.25, 0.3) is 0 Å². The van der Waals surface area contributed by atoms with Crippen LogP contribution in [0.4, 0.5) is 0 Å². The number of ether oxygens (including phenoxy) is 1. The summed E-state index contributed by atoms with van der Waals surface area (Å²) in [6, 6.07) is 5.96. The van der Waals surface area contributed by atoms with Crippen molar-refractivity contribution in [3.63, 3.8) is 0 Å². The molecule has 2 aromatic rings. The quantitative estimate of drug-likeness (QED) is 0.577. The zero-order valence-electron chi connectivity index (χ0n) is 20.6. The van der Waals surface area contributed by atoms with E-state index in [9.17, 15) is 9.59 Å². The Morgan fingerprint density at radius 2 is 1.91 bits per heavy atom. The van der Waals surface area contributed by atoms with Crippen LogP contribution < -0.4 is 0 Å². The molecule has 0 aliphatic carbocycles. The molecule has 7 heteroatoms. The van der Waals surface area contributed by atoms with E-state index in [-0.39, 0.29) is 23.7 Å². The fourth-order valence-electron chi connectivity index (χ4n) is 4.92. The second kappa shape index (κ2) is 10.5. The molecular weight excluding hydrogens is 450 g/mol.